The maximum atomic E-state index is 11.8. The number of aromatic nitrogens is 2. The molecule has 19 heavy (non-hydrogen) atoms. The number of nitrogens with zero attached hydrogens (tertiary/aromatic N) is 2. The van der Waals surface area contributed by atoms with E-state index in [0.717, 1.165) is 17.7 Å². The molecule has 4 unspecified atom stereocenters. The number of ether oxygens (including phenoxy) is 1. The lowest BCUT2D eigenvalue weighted by Gasteiger charge is -2.18. The predicted molar refractivity (Wildman–Crippen MR) is 65.7 cm³/mol. The highest BCUT2D eigenvalue weighted by molar-refractivity contribution is 5.85. The van der Waals surface area contributed by atoms with Gasteiger partial charge in [0.2, 0.25) is 5.89 Å². The minimum Gasteiger partial charge on any atom is -0.380 e. The fraction of sp³-hybridized carbons (Fsp3) is 0.786. The average molecular weight is 262 g/mol. The third-order valence-electron chi connectivity index (χ3n) is 4.99. The third kappa shape index (κ3) is 1.91. The van der Waals surface area contributed by atoms with Gasteiger partial charge in [0.15, 0.2) is 5.82 Å². The molecule has 0 N–H and O–H groups in total. The van der Waals surface area contributed by atoms with Gasteiger partial charge in [-0.05, 0) is 31.1 Å². The third-order valence-corrected chi connectivity index (χ3v) is 4.99. The summed E-state index contributed by atoms with van der Waals surface area (Å²) in [5.74, 6) is 3.15. The van der Waals surface area contributed by atoms with Gasteiger partial charge in [-0.1, -0.05) is 11.6 Å². The zero-order valence-electron chi connectivity index (χ0n) is 10.9. The van der Waals surface area contributed by atoms with Crippen LogP contribution in [0.15, 0.2) is 4.52 Å². The van der Waals surface area contributed by atoms with E-state index in [1.165, 1.54) is 25.7 Å². The van der Waals surface area contributed by atoms with Gasteiger partial charge in [-0.2, -0.15) is 4.98 Å². The summed E-state index contributed by atoms with van der Waals surface area (Å²) in [5, 5.41) is 4.13. The molecule has 1 aromatic heterocycles. The summed E-state index contributed by atoms with van der Waals surface area (Å²) in [6.07, 6.45) is 5.63. The molecule has 4 rings (SSSR count). The summed E-state index contributed by atoms with van der Waals surface area (Å²) in [4.78, 5) is 16.4. The van der Waals surface area contributed by atoms with Crippen molar-refractivity contribution >= 4 is 5.78 Å². The fourth-order valence-corrected chi connectivity index (χ4v) is 3.95. The molecule has 0 spiro atoms. The summed E-state index contributed by atoms with van der Waals surface area (Å²) in [7, 11) is 0. The number of carbonyl (C=O) groups is 1. The molecule has 3 fully saturated rings. The summed E-state index contributed by atoms with van der Waals surface area (Å²) < 4.78 is 10.7. The molecular weight excluding hydrogens is 244 g/mol. The number of hydrogen-bond donors (Lipinski definition) is 0. The summed E-state index contributed by atoms with van der Waals surface area (Å²) in [6.45, 7) is 0.903. The van der Waals surface area contributed by atoms with E-state index in [1.54, 1.807) is 0 Å². The Kier molecular flexibility index (Phi) is 2.69. The first-order valence-electron chi connectivity index (χ1n) is 7.25. The number of ketones is 1. The first kappa shape index (κ1) is 11.6. The minimum atomic E-state index is -0.339. The zero-order chi connectivity index (χ0) is 12.8. The van der Waals surface area contributed by atoms with Crippen molar-refractivity contribution in [3.05, 3.63) is 11.7 Å². The Morgan fingerprint density at radius 2 is 2.16 bits per heavy atom. The van der Waals surface area contributed by atoms with Gasteiger partial charge in [0.05, 0.1) is 13.2 Å². The van der Waals surface area contributed by atoms with Crippen LogP contribution in [-0.2, 0) is 9.53 Å². The number of fused-ring (bicyclic) bond motifs is 2. The van der Waals surface area contributed by atoms with Gasteiger partial charge < -0.3 is 9.26 Å². The number of hydrogen-bond acceptors (Lipinski definition) is 5. The maximum absolute atomic E-state index is 11.8. The SMILES string of the molecule is O=C1CCOCC1c1nc(C2CC3CCC2C3)no1. The Morgan fingerprint density at radius 3 is 2.89 bits per heavy atom. The Labute approximate surface area is 111 Å². The van der Waals surface area contributed by atoms with E-state index in [-0.39, 0.29) is 11.7 Å². The van der Waals surface area contributed by atoms with Gasteiger partial charge in [0, 0.05) is 12.3 Å². The lowest BCUT2D eigenvalue weighted by Crippen LogP contribution is -2.26. The molecule has 0 radical (unpaired) electrons. The smallest absolute Gasteiger partial charge is 0.239 e. The fourth-order valence-electron chi connectivity index (χ4n) is 3.95. The topological polar surface area (TPSA) is 65.2 Å². The Morgan fingerprint density at radius 1 is 1.21 bits per heavy atom. The van der Waals surface area contributed by atoms with Crippen LogP contribution in [-0.4, -0.2) is 29.1 Å². The van der Waals surface area contributed by atoms with Crippen LogP contribution in [0.3, 0.4) is 0 Å². The molecule has 2 saturated carbocycles. The van der Waals surface area contributed by atoms with Crippen LogP contribution in [0, 0.1) is 11.8 Å². The van der Waals surface area contributed by atoms with Gasteiger partial charge >= 0.3 is 0 Å². The number of carbonyl (C=O) groups excluding carboxylic acids is 1. The highest BCUT2D eigenvalue weighted by Crippen LogP contribution is 2.52. The van der Waals surface area contributed by atoms with Crippen LogP contribution in [0.4, 0.5) is 0 Å². The predicted octanol–water partition coefficient (Wildman–Crippen LogP) is 2.05. The lowest BCUT2D eigenvalue weighted by atomic mass is 9.88. The molecule has 5 nitrogen and oxygen atoms in total. The summed E-state index contributed by atoms with van der Waals surface area (Å²) >= 11 is 0. The zero-order valence-corrected chi connectivity index (χ0v) is 10.9. The molecule has 0 amide bonds. The van der Waals surface area contributed by atoms with Crippen molar-refractivity contribution in [3.63, 3.8) is 0 Å². The van der Waals surface area contributed by atoms with Gasteiger partial charge in [0.1, 0.15) is 11.7 Å². The molecule has 2 aliphatic carbocycles. The first-order chi connectivity index (χ1) is 9.31. The molecule has 1 aromatic rings. The highest BCUT2D eigenvalue weighted by atomic mass is 16.5. The van der Waals surface area contributed by atoms with Gasteiger partial charge in [-0.15, -0.1) is 0 Å². The van der Waals surface area contributed by atoms with E-state index in [1.807, 2.05) is 0 Å². The lowest BCUT2D eigenvalue weighted by molar-refractivity contribution is -0.127. The highest BCUT2D eigenvalue weighted by Gasteiger charge is 2.43. The Hall–Kier alpha value is -1.23. The van der Waals surface area contributed by atoms with Gasteiger partial charge in [-0.3, -0.25) is 4.79 Å². The Balaban J connectivity index is 1.54. The second-order valence-corrected chi connectivity index (χ2v) is 6.12. The molecule has 5 heteroatoms. The van der Waals surface area contributed by atoms with E-state index in [0.29, 0.717) is 31.4 Å². The van der Waals surface area contributed by atoms with Crippen LogP contribution in [0.1, 0.15) is 55.7 Å². The van der Waals surface area contributed by atoms with E-state index < -0.39 is 0 Å². The van der Waals surface area contributed by atoms with E-state index in [2.05, 4.69) is 10.1 Å². The largest absolute Gasteiger partial charge is 0.380 e. The minimum absolute atomic E-state index is 0.161. The van der Waals surface area contributed by atoms with E-state index in [9.17, 15) is 4.79 Å². The monoisotopic (exact) mass is 262 g/mol. The first-order valence-corrected chi connectivity index (χ1v) is 7.25. The molecule has 2 heterocycles. The second kappa shape index (κ2) is 4.40. The van der Waals surface area contributed by atoms with Crippen LogP contribution in [0.25, 0.3) is 0 Å². The van der Waals surface area contributed by atoms with Crippen molar-refractivity contribution in [1.82, 2.24) is 10.1 Å². The van der Waals surface area contributed by atoms with Crippen molar-refractivity contribution < 1.29 is 14.1 Å². The van der Waals surface area contributed by atoms with Crippen LogP contribution >= 0.6 is 0 Å². The normalized spacial score (nSPS) is 38.0. The molecule has 3 aliphatic rings. The van der Waals surface area contributed by atoms with Crippen molar-refractivity contribution in [2.75, 3.05) is 13.2 Å². The molecule has 102 valence electrons. The second-order valence-electron chi connectivity index (χ2n) is 6.12. The van der Waals surface area contributed by atoms with E-state index in [4.69, 9.17) is 9.26 Å². The standard InChI is InChI=1S/C14H18N2O3/c17-12-3-4-18-7-11(12)14-15-13(16-19-14)10-6-8-1-2-9(10)5-8/h8-11H,1-7H2. The van der Waals surface area contributed by atoms with Crippen LogP contribution in [0.5, 0.6) is 0 Å². The average Bonchev–Trinajstić information content (AvgIpc) is 3.15. The van der Waals surface area contributed by atoms with Crippen molar-refractivity contribution in [1.29, 1.82) is 0 Å². The van der Waals surface area contributed by atoms with Gasteiger partial charge in [0.25, 0.3) is 0 Å². The van der Waals surface area contributed by atoms with Crippen molar-refractivity contribution in [2.45, 2.75) is 43.9 Å². The molecule has 2 bridgehead atoms. The molecular formula is C14H18N2O3. The van der Waals surface area contributed by atoms with Crippen molar-refractivity contribution in [2.24, 2.45) is 11.8 Å². The van der Waals surface area contributed by atoms with Crippen molar-refractivity contribution in [3.8, 4) is 0 Å². The van der Waals surface area contributed by atoms with Crippen LogP contribution in [0.2, 0.25) is 0 Å². The van der Waals surface area contributed by atoms with E-state index >= 15 is 0 Å². The van der Waals surface area contributed by atoms with Gasteiger partial charge in [-0.25, -0.2) is 0 Å². The molecule has 1 aliphatic heterocycles. The maximum Gasteiger partial charge on any atom is 0.239 e. The summed E-state index contributed by atoms with van der Waals surface area (Å²) in [6, 6.07) is 0. The number of Topliss-reactive ketones (excluding diaryl/α,β-unsaturated/α-hetero) is 1. The quantitative estimate of drug-likeness (QED) is 0.816. The van der Waals surface area contributed by atoms with Crippen LogP contribution < -0.4 is 0 Å². The molecule has 0 aromatic carbocycles. The Bertz CT molecular complexity index is 499. The molecule has 1 saturated heterocycles. The number of rotatable bonds is 2. The summed E-state index contributed by atoms with van der Waals surface area (Å²) in [5.41, 5.74) is 0. The molecule has 4 atom stereocenters.